The first kappa shape index (κ1) is 23.4. The zero-order chi connectivity index (χ0) is 24.4. The Morgan fingerprint density at radius 3 is 2.35 bits per heavy atom. The number of ether oxygens (including phenoxy) is 1. The van der Waals surface area contributed by atoms with Crippen molar-refractivity contribution in [1.82, 2.24) is 5.32 Å². The van der Waals surface area contributed by atoms with E-state index in [1.807, 2.05) is 45.0 Å². The predicted molar refractivity (Wildman–Crippen MR) is 135 cm³/mol. The zero-order valence-corrected chi connectivity index (χ0v) is 20.6. The minimum Gasteiger partial charge on any atom is -0.488 e. The summed E-state index contributed by atoms with van der Waals surface area (Å²) in [7, 11) is 0. The number of aryl methyl sites for hydroxylation is 3. The molecule has 0 aliphatic carbocycles. The molecule has 1 N–H and O–H groups in total. The summed E-state index contributed by atoms with van der Waals surface area (Å²) in [4.78, 5) is 39.3. The number of anilines is 1. The molecule has 0 aromatic heterocycles. The Hall–Kier alpha value is -3.71. The van der Waals surface area contributed by atoms with Gasteiger partial charge in [0.15, 0.2) is 0 Å². The number of carbonyl (C=O) groups is 3. The Labute approximate surface area is 206 Å². The van der Waals surface area contributed by atoms with Crippen LogP contribution in [-0.2, 0) is 16.2 Å². The van der Waals surface area contributed by atoms with Crippen LogP contribution in [0.15, 0.2) is 70.7 Å². The van der Waals surface area contributed by atoms with E-state index in [1.54, 1.807) is 30.3 Å². The van der Waals surface area contributed by atoms with Crippen molar-refractivity contribution in [2.75, 3.05) is 4.90 Å². The molecule has 3 aromatic rings. The van der Waals surface area contributed by atoms with Gasteiger partial charge in [0.1, 0.15) is 17.9 Å². The van der Waals surface area contributed by atoms with Gasteiger partial charge in [-0.05, 0) is 68.3 Å². The average Bonchev–Trinajstić information content (AvgIpc) is 2.75. The van der Waals surface area contributed by atoms with Gasteiger partial charge in [0, 0.05) is 10.0 Å². The number of imide groups is 2. The lowest BCUT2D eigenvalue weighted by molar-refractivity contribution is -0.122. The van der Waals surface area contributed by atoms with Crippen molar-refractivity contribution in [3.63, 3.8) is 0 Å². The van der Waals surface area contributed by atoms with Crippen LogP contribution < -0.4 is 15.0 Å². The van der Waals surface area contributed by atoms with Gasteiger partial charge in [0.25, 0.3) is 11.8 Å². The molecular weight excluding hydrogens is 496 g/mol. The molecule has 0 radical (unpaired) electrons. The second-order valence-corrected chi connectivity index (χ2v) is 9.18. The summed E-state index contributed by atoms with van der Waals surface area (Å²) in [6.45, 7) is 6.24. The Morgan fingerprint density at radius 2 is 1.65 bits per heavy atom. The number of benzene rings is 3. The number of rotatable bonds is 5. The highest BCUT2D eigenvalue weighted by atomic mass is 79.9. The van der Waals surface area contributed by atoms with E-state index in [1.165, 1.54) is 6.08 Å². The molecule has 0 spiro atoms. The van der Waals surface area contributed by atoms with Crippen molar-refractivity contribution in [3.8, 4) is 5.75 Å². The minimum absolute atomic E-state index is 0.157. The predicted octanol–water partition coefficient (Wildman–Crippen LogP) is 5.62. The molecular formula is C27H23BrN2O4. The quantitative estimate of drug-likeness (QED) is 0.351. The number of nitrogens with one attached hydrogen (secondary N) is 1. The van der Waals surface area contributed by atoms with Gasteiger partial charge >= 0.3 is 6.03 Å². The van der Waals surface area contributed by atoms with Crippen molar-refractivity contribution in [1.29, 1.82) is 0 Å². The molecule has 172 valence electrons. The van der Waals surface area contributed by atoms with Crippen LogP contribution in [0.4, 0.5) is 10.5 Å². The lowest BCUT2D eigenvalue weighted by Crippen LogP contribution is -2.54. The molecule has 4 rings (SSSR count). The largest absolute Gasteiger partial charge is 0.488 e. The normalized spacial score (nSPS) is 15.0. The maximum Gasteiger partial charge on any atom is 0.335 e. The fraction of sp³-hybridized carbons (Fsp3) is 0.148. The topological polar surface area (TPSA) is 75.7 Å². The standard InChI is InChI=1S/C27H23BrN2O4/c1-16-5-4-6-22(12-16)30-26(32)23(25(31)29-27(30)33)14-20-13-21(28)7-8-24(20)34-15-19-10-17(2)9-18(3)11-19/h4-14H,15H2,1-3H3,(H,29,31,33)/b23-14+. The van der Waals surface area contributed by atoms with E-state index < -0.39 is 17.8 Å². The number of barbiturate groups is 1. The molecule has 0 bridgehead atoms. The summed E-state index contributed by atoms with van der Waals surface area (Å²) in [5, 5.41) is 2.26. The number of halogens is 1. The maximum absolute atomic E-state index is 13.2. The highest BCUT2D eigenvalue weighted by Gasteiger charge is 2.37. The number of urea groups is 1. The third-order valence-electron chi connectivity index (χ3n) is 5.31. The number of hydrogen-bond donors (Lipinski definition) is 1. The summed E-state index contributed by atoms with van der Waals surface area (Å²) < 4.78 is 6.82. The minimum atomic E-state index is -0.779. The Morgan fingerprint density at radius 1 is 0.912 bits per heavy atom. The molecule has 1 aliphatic heterocycles. The van der Waals surface area contributed by atoms with Crippen molar-refractivity contribution in [2.24, 2.45) is 0 Å². The first-order valence-electron chi connectivity index (χ1n) is 10.7. The monoisotopic (exact) mass is 518 g/mol. The third-order valence-corrected chi connectivity index (χ3v) is 5.80. The summed E-state index contributed by atoms with van der Waals surface area (Å²) in [5.74, 6) is -0.937. The highest BCUT2D eigenvalue weighted by molar-refractivity contribution is 9.10. The molecule has 0 saturated carbocycles. The van der Waals surface area contributed by atoms with Gasteiger partial charge in [-0.2, -0.15) is 0 Å². The van der Waals surface area contributed by atoms with Crippen LogP contribution in [0.2, 0.25) is 0 Å². The lowest BCUT2D eigenvalue weighted by atomic mass is 10.1. The van der Waals surface area contributed by atoms with E-state index in [4.69, 9.17) is 4.74 Å². The highest BCUT2D eigenvalue weighted by Crippen LogP contribution is 2.29. The molecule has 1 aliphatic rings. The Balaban J connectivity index is 1.68. The van der Waals surface area contributed by atoms with Gasteiger partial charge in [-0.1, -0.05) is 57.4 Å². The molecule has 7 heteroatoms. The van der Waals surface area contributed by atoms with E-state index in [9.17, 15) is 14.4 Å². The van der Waals surface area contributed by atoms with Gasteiger partial charge in [-0.15, -0.1) is 0 Å². The summed E-state index contributed by atoms with van der Waals surface area (Å²) >= 11 is 3.44. The molecule has 34 heavy (non-hydrogen) atoms. The van der Waals surface area contributed by atoms with Crippen LogP contribution in [0, 0.1) is 20.8 Å². The van der Waals surface area contributed by atoms with Gasteiger partial charge in [0.05, 0.1) is 5.69 Å². The average molecular weight is 519 g/mol. The number of amides is 4. The lowest BCUT2D eigenvalue weighted by Gasteiger charge is -2.26. The third kappa shape index (κ3) is 5.10. The second kappa shape index (κ2) is 9.65. The van der Waals surface area contributed by atoms with E-state index in [0.717, 1.165) is 31.6 Å². The van der Waals surface area contributed by atoms with Crippen molar-refractivity contribution < 1.29 is 19.1 Å². The summed E-state index contributed by atoms with van der Waals surface area (Å²) in [6, 6.07) is 17.7. The first-order valence-corrected chi connectivity index (χ1v) is 11.5. The number of nitrogens with zero attached hydrogens (tertiary/aromatic N) is 1. The van der Waals surface area contributed by atoms with E-state index in [0.29, 0.717) is 23.6 Å². The summed E-state index contributed by atoms with van der Waals surface area (Å²) in [6.07, 6.45) is 1.45. The SMILES string of the molecule is Cc1cc(C)cc(COc2ccc(Br)cc2/C=C2\C(=O)NC(=O)N(c3cccc(C)c3)C2=O)c1. The molecule has 4 amide bonds. The summed E-state index contributed by atoms with van der Waals surface area (Å²) in [5.41, 5.74) is 4.95. The second-order valence-electron chi connectivity index (χ2n) is 8.26. The number of carbonyl (C=O) groups excluding carboxylic acids is 3. The molecule has 6 nitrogen and oxygen atoms in total. The van der Waals surface area contributed by atoms with Gasteiger partial charge in [0.2, 0.25) is 0 Å². The van der Waals surface area contributed by atoms with Crippen molar-refractivity contribution in [3.05, 3.63) is 98.5 Å². The van der Waals surface area contributed by atoms with Crippen LogP contribution in [0.5, 0.6) is 5.75 Å². The first-order chi connectivity index (χ1) is 16.2. The maximum atomic E-state index is 13.2. The molecule has 3 aromatic carbocycles. The van der Waals surface area contributed by atoms with Gasteiger partial charge < -0.3 is 4.74 Å². The fourth-order valence-corrected chi connectivity index (χ4v) is 4.27. The molecule has 0 atom stereocenters. The zero-order valence-electron chi connectivity index (χ0n) is 19.0. The van der Waals surface area contributed by atoms with Crippen LogP contribution in [0.1, 0.15) is 27.8 Å². The van der Waals surface area contributed by atoms with E-state index >= 15 is 0 Å². The van der Waals surface area contributed by atoms with Crippen LogP contribution >= 0.6 is 15.9 Å². The van der Waals surface area contributed by atoms with Crippen LogP contribution in [-0.4, -0.2) is 17.8 Å². The smallest absolute Gasteiger partial charge is 0.335 e. The van der Waals surface area contributed by atoms with Crippen LogP contribution in [0.3, 0.4) is 0 Å². The van der Waals surface area contributed by atoms with Crippen molar-refractivity contribution >= 4 is 45.5 Å². The van der Waals surface area contributed by atoms with Gasteiger partial charge in [-0.3, -0.25) is 14.9 Å². The van der Waals surface area contributed by atoms with Crippen LogP contribution in [0.25, 0.3) is 6.08 Å². The number of hydrogen-bond acceptors (Lipinski definition) is 4. The molecule has 1 saturated heterocycles. The fourth-order valence-electron chi connectivity index (χ4n) is 3.89. The van der Waals surface area contributed by atoms with Crippen molar-refractivity contribution in [2.45, 2.75) is 27.4 Å². The molecule has 1 heterocycles. The Bertz CT molecular complexity index is 1330. The van der Waals surface area contributed by atoms with Gasteiger partial charge in [-0.25, -0.2) is 9.69 Å². The molecule has 0 unspecified atom stereocenters. The van der Waals surface area contributed by atoms with E-state index in [2.05, 4.69) is 27.3 Å². The van der Waals surface area contributed by atoms with E-state index in [-0.39, 0.29) is 5.57 Å². The molecule has 1 fully saturated rings. The Kier molecular flexibility index (Phi) is 6.65.